The van der Waals surface area contributed by atoms with Gasteiger partial charge in [-0.3, -0.25) is 4.79 Å². The lowest BCUT2D eigenvalue weighted by Gasteiger charge is -2.07. The van der Waals surface area contributed by atoms with Crippen LogP contribution < -0.4 is 10.1 Å². The van der Waals surface area contributed by atoms with Gasteiger partial charge in [0, 0.05) is 11.8 Å². The summed E-state index contributed by atoms with van der Waals surface area (Å²) in [6.07, 6.45) is 1.56. The average Bonchev–Trinajstić information content (AvgIpc) is 2.54. The van der Waals surface area contributed by atoms with Crippen LogP contribution in [0.1, 0.15) is 12.5 Å². The molecule has 0 aliphatic carbocycles. The Morgan fingerprint density at radius 1 is 1.23 bits per heavy atom. The van der Waals surface area contributed by atoms with E-state index in [9.17, 15) is 10.1 Å². The number of nitrogens with one attached hydrogen (secondary N) is 1. The SMILES string of the molecule is CCOc1cccc(NC(=O)/C(C#N)=C/c2ccccc2)c1. The van der Waals surface area contributed by atoms with Crippen LogP contribution in [-0.2, 0) is 4.79 Å². The van der Waals surface area contributed by atoms with E-state index in [-0.39, 0.29) is 5.57 Å². The summed E-state index contributed by atoms with van der Waals surface area (Å²) in [4.78, 5) is 12.2. The van der Waals surface area contributed by atoms with Gasteiger partial charge in [0.25, 0.3) is 5.91 Å². The Morgan fingerprint density at radius 3 is 2.68 bits per heavy atom. The van der Waals surface area contributed by atoms with Gasteiger partial charge in [0.1, 0.15) is 17.4 Å². The molecule has 2 aromatic rings. The van der Waals surface area contributed by atoms with E-state index in [1.54, 1.807) is 24.3 Å². The molecule has 2 aromatic carbocycles. The Balaban J connectivity index is 2.15. The first-order chi connectivity index (χ1) is 10.7. The summed E-state index contributed by atoms with van der Waals surface area (Å²) >= 11 is 0. The molecule has 0 radical (unpaired) electrons. The van der Waals surface area contributed by atoms with Gasteiger partial charge in [0.2, 0.25) is 0 Å². The van der Waals surface area contributed by atoms with Gasteiger partial charge < -0.3 is 10.1 Å². The second-order valence-corrected chi connectivity index (χ2v) is 4.50. The molecule has 110 valence electrons. The molecule has 22 heavy (non-hydrogen) atoms. The maximum atomic E-state index is 12.2. The van der Waals surface area contributed by atoms with Crippen LogP contribution in [-0.4, -0.2) is 12.5 Å². The van der Waals surface area contributed by atoms with Crippen molar-refractivity contribution in [3.63, 3.8) is 0 Å². The van der Waals surface area contributed by atoms with E-state index in [1.165, 1.54) is 0 Å². The minimum absolute atomic E-state index is 0.0491. The van der Waals surface area contributed by atoms with Gasteiger partial charge in [0.15, 0.2) is 0 Å². The predicted octanol–water partition coefficient (Wildman–Crippen LogP) is 3.63. The second kappa shape index (κ2) is 7.65. The third-order valence-electron chi connectivity index (χ3n) is 2.88. The van der Waals surface area contributed by atoms with Crippen LogP contribution in [0, 0.1) is 11.3 Å². The summed E-state index contributed by atoms with van der Waals surface area (Å²) in [5, 5.41) is 11.9. The number of rotatable bonds is 5. The summed E-state index contributed by atoms with van der Waals surface area (Å²) in [6, 6.07) is 18.2. The molecule has 1 amide bonds. The summed E-state index contributed by atoms with van der Waals surface area (Å²) in [7, 11) is 0. The summed E-state index contributed by atoms with van der Waals surface area (Å²) in [6.45, 7) is 2.44. The molecule has 0 aliphatic rings. The van der Waals surface area contributed by atoms with E-state index in [4.69, 9.17) is 4.74 Å². The first kappa shape index (κ1) is 15.3. The van der Waals surface area contributed by atoms with Crippen molar-refractivity contribution in [1.82, 2.24) is 0 Å². The number of hydrogen-bond donors (Lipinski definition) is 1. The van der Waals surface area contributed by atoms with Crippen LogP contribution in [0.15, 0.2) is 60.2 Å². The number of ether oxygens (including phenoxy) is 1. The van der Waals surface area contributed by atoms with Crippen molar-refractivity contribution in [3.8, 4) is 11.8 Å². The zero-order valence-electron chi connectivity index (χ0n) is 12.2. The van der Waals surface area contributed by atoms with E-state index in [2.05, 4.69) is 5.32 Å². The molecule has 0 spiro atoms. The van der Waals surface area contributed by atoms with Crippen LogP contribution in [0.25, 0.3) is 6.08 Å². The van der Waals surface area contributed by atoms with E-state index in [0.29, 0.717) is 18.0 Å². The first-order valence-corrected chi connectivity index (χ1v) is 6.94. The number of nitriles is 1. The Hall–Kier alpha value is -3.06. The number of nitrogens with zero attached hydrogens (tertiary/aromatic N) is 1. The summed E-state index contributed by atoms with van der Waals surface area (Å²) in [5.74, 6) is 0.228. The highest BCUT2D eigenvalue weighted by Crippen LogP contribution is 2.18. The topological polar surface area (TPSA) is 62.1 Å². The Kier molecular flexibility index (Phi) is 5.33. The van der Waals surface area contributed by atoms with Gasteiger partial charge in [0.05, 0.1) is 6.61 Å². The van der Waals surface area contributed by atoms with Gasteiger partial charge >= 0.3 is 0 Å². The molecule has 0 aromatic heterocycles. The normalized spacial score (nSPS) is 10.6. The monoisotopic (exact) mass is 292 g/mol. The number of anilines is 1. The average molecular weight is 292 g/mol. The Bertz CT molecular complexity index is 715. The fraction of sp³-hybridized carbons (Fsp3) is 0.111. The molecule has 4 heteroatoms. The standard InChI is InChI=1S/C18H16N2O2/c1-2-22-17-10-6-9-16(12-17)20-18(21)15(13-19)11-14-7-4-3-5-8-14/h3-12H,2H2,1H3,(H,20,21)/b15-11+. The zero-order valence-corrected chi connectivity index (χ0v) is 12.2. The predicted molar refractivity (Wildman–Crippen MR) is 86.3 cm³/mol. The van der Waals surface area contributed by atoms with E-state index >= 15 is 0 Å². The third kappa shape index (κ3) is 4.22. The van der Waals surface area contributed by atoms with Crippen LogP contribution in [0.4, 0.5) is 5.69 Å². The lowest BCUT2D eigenvalue weighted by molar-refractivity contribution is -0.112. The van der Waals surface area contributed by atoms with Gasteiger partial charge in [-0.15, -0.1) is 0 Å². The molecule has 0 heterocycles. The number of benzene rings is 2. The largest absolute Gasteiger partial charge is 0.494 e. The maximum absolute atomic E-state index is 12.2. The molecule has 0 saturated heterocycles. The third-order valence-corrected chi connectivity index (χ3v) is 2.88. The van der Waals surface area contributed by atoms with E-state index in [1.807, 2.05) is 49.4 Å². The fourth-order valence-electron chi connectivity index (χ4n) is 1.89. The van der Waals surface area contributed by atoms with E-state index < -0.39 is 5.91 Å². The molecule has 0 bridgehead atoms. The van der Waals surface area contributed by atoms with Crippen molar-refractivity contribution in [2.75, 3.05) is 11.9 Å². The number of carbonyl (C=O) groups is 1. The molecule has 1 N–H and O–H groups in total. The fourth-order valence-corrected chi connectivity index (χ4v) is 1.89. The Morgan fingerprint density at radius 2 is 2.00 bits per heavy atom. The molecule has 0 unspecified atom stereocenters. The van der Waals surface area contributed by atoms with Gasteiger partial charge in [-0.1, -0.05) is 36.4 Å². The number of amides is 1. The maximum Gasteiger partial charge on any atom is 0.266 e. The minimum Gasteiger partial charge on any atom is -0.494 e. The smallest absolute Gasteiger partial charge is 0.266 e. The highest BCUT2D eigenvalue weighted by atomic mass is 16.5. The molecule has 2 rings (SSSR count). The molecular formula is C18H16N2O2. The minimum atomic E-state index is -0.444. The van der Waals surface area contributed by atoms with Crippen LogP contribution in [0.2, 0.25) is 0 Å². The lowest BCUT2D eigenvalue weighted by atomic mass is 10.1. The molecular weight excluding hydrogens is 276 g/mol. The van der Waals surface area contributed by atoms with Crippen molar-refractivity contribution >= 4 is 17.7 Å². The molecule has 0 atom stereocenters. The molecule has 0 aliphatic heterocycles. The van der Waals surface area contributed by atoms with E-state index in [0.717, 1.165) is 5.56 Å². The van der Waals surface area contributed by atoms with Crippen LogP contribution in [0.3, 0.4) is 0 Å². The molecule has 4 nitrogen and oxygen atoms in total. The quantitative estimate of drug-likeness (QED) is 0.676. The second-order valence-electron chi connectivity index (χ2n) is 4.50. The first-order valence-electron chi connectivity index (χ1n) is 6.94. The highest BCUT2D eigenvalue weighted by Gasteiger charge is 2.09. The van der Waals surface area contributed by atoms with Crippen molar-refractivity contribution in [1.29, 1.82) is 5.26 Å². The summed E-state index contributed by atoms with van der Waals surface area (Å²) in [5.41, 5.74) is 1.44. The van der Waals surface area contributed by atoms with Gasteiger partial charge in [-0.2, -0.15) is 5.26 Å². The lowest BCUT2D eigenvalue weighted by Crippen LogP contribution is -2.13. The zero-order chi connectivity index (χ0) is 15.8. The Labute approximate surface area is 129 Å². The summed E-state index contributed by atoms with van der Waals surface area (Å²) < 4.78 is 5.38. The highest BCUT2D eigenvalue weighted by molar-refractivity contribution is 6.09. The number of hydrogen-bond acceptors (Lipinski definition) is 3. The van der Waals surface area contributed by atoms with Crippen molar-refractivity contribution < 1.29 is 9.53 Å². The van der Waals surface area contributed by atoms with Crippen LogP contribution in [0.5, 0.6) is 5.75 Å². The molecule has 0 fully saturated rings. The van der Waals surface area contributed by atoms with Crippen molar-refractivity contribution in [3.05, 3.63) is 65.7 Å². The number of carbonyl (C=O) groups excluding carboxylic acids is 1. The van der Waals surface area contributed by atoms with Gasteiger partial charge in [-0.25, -0.2) is 0 Å². The van der Waals surface area contributed by atoms with Crippen LogP contribution >= 0.6 is 0 Å². The molecule has 0 saturated carbocycles. The van der Waals surface area contributed by atoms with Gasteiger partial charge in [-0.05, 0) is 30.7 Å². The van der Waals surface area contributed by atoms with Crippen molar-refractivity contribution in [2.24, 2.45) is 0 Å². The van der Waals surface area contributed by atoms with Crippen molar-refractivity contribution in [2.45, 2.75) is 6.92 Å².